The first-order chi connectivity index (χ1) is 10.8. The first-order valence-electron chi connectivity index (χ1n) is 7.32. The maximum absolute atomic E-state index is 8.91. The van der Waals surface area contributed by atoms with E-state index in [2.05, 4.69) is 24.9 Å². The number of aromatic nitrogens is 4. The van der Waals surface area contributed by atoms with Gasteiger partial charge >= 0.3 is 0 Å². The van der Waals surface area contributed by atoms with Gasteiger partial charge in [0.05, 0.1) is 19.3 Å². The number of nitrogens with zero attached hydrogens (tertiary/aromatic N) is 6. The van der Waals surface area contributed by atoms with Crippen molar-refractivity contribution in [2.24, 2.45) is 0 Å². The SMILES string of the molecule is OCCn1cc(CN2CCN(c3nccnc3Cl)CC2)cn1. The Hall–Kier alpha value is -1.70. The van der Waals surface area contributed by atoms with Crippen LogP contribution < -0.4 is 4.90 Å². The minimum Gasteiger partial charge on any atom is -0.394 e. The van der Waals surface area contributed by atoms with Gasteiger partial charge in [-0.15, -0.1) is 0 Å². The van der Waals surface area contributed by atoms with Crippen molar-refractivity contribution in [1.29, 1.82) is 0 Å². The van der Waals surface area contributed by atoms with Gasteiger partial charge in [0.2, 0.25) is 0 Å². The molecule has 1 fully saturated rings. The summed E-state index contributed by atoms with van der Waals surface area (Å²) < 4.78 is 1.77. The third-order valence-corrected chi connectivity index (χ3v) is 4.00. The zero-order valence-electron chi connectivity index (χ0n) is 12.3. The zero-order chi connectivity index (χ0) is 15.4. The summed E-state index contributed by atoms with van der Waals surface area (Å²) in [4.78, 5) is 12.9. The number of anilines is 1. The van der Waals surface area contributed by atoms with Gasteiger partial charge in [0, 0.05) is 56.9 Å². The molecule has 0 aromatic carbocycles. The maximum atomic E-state index is 8.91. The number of piperazine rings is 1. The van der Waals surface area contributed by atoms with Crippen molar-refractivity contribution >= 4 is 17.4 Å². The predicted molar refractivity (Wildman–Crippen MR) is 83.8 cm³/mol. The Balaban J connectivity index is 1.54. The summed E-state index contributed by atoms with van der Waals surface area (Å²) in [6.07, 6.45) is 7.12. The van der Waals surface area contributed by atoms with Gasteiger partial charge in [-0.2, -0.15) is 5.10 Å². The van der Waals surface area contributed by atoms with Crippen molar-refractivity contribution in [2.75, 3.05) is 37.7 Å². The van der Waals surface area contributed by atoms with E-state index in [9.17, 15) is 0 Å². The molecule has 0 aliphatic carbocycles. The fraction of sp³-hybridized carbons (Fsp3) is 0.500. The third-order valence-electron chi connectivity index (χ3n) is 3.73. The third kappa shape index (κ3) is 3.55. The van der Waals surface area contributed by atoms with Crippen LogP contribution in [0.2, 0.25) is 5.15 Å². The fourth-order valence-electron chi connectivity index (χ4n) is 2.61. The van der Waals surface area contributed by atoms with Crippen molar-refractivity contribution in [1.82, 2.24) is 24.6 Å². The topological polar surface area (TPSA) is 70.3 Å². The van der Waals surface area contributed by atoms with E-state index in [4.69, 9.17) is 16.7 Å². The highest BCUT2D eigenvalue weighted by Crippen LogP contribution is 2.21. The fourth-order valence-corrected chi connectivity index (χ4v) is 2.84. The van der Waals surface area contributed by atoms with E-state index in [1.165, 1.54) is 5.56 Å². The molecule has 0 radical (unpaired) electrons. The van der Waals surface area contributed by atoms with Crippen LogP contribution in [0.3, 0.4) is 0 Å². The van der Waals surface area contributed by atoms with E-state index in [1.807, 2.05) is 12.4 Å². The van der Waals surface area contributed by atoms with Crippen LogP contribution in [-0.4, -0.2) is 62.5 Å². The van der Waals surface area contributed by atoms with Gasteiger partial charge in [-0.25, -0.2) is 9.97 Å². The van der Waals surface area contributed by atoms with E-state index >= 15 is 0 Å². The molecule has 2 aromatic heterocycles. The Morgan fingerprint density at radius 2 is 1.91 bits per heavy atom. The van der Waals surface area contributed by atoms with Crippen LogP contribution >= 0.6 is 11.6 Å². The summed E-state index contributed by atoms with van der Waals surface area (Å²) in [5.41, 5.74) is 1.17. The summed E-state index contributed by atoms with van der Waals surface area (Å²) in [7, 11) is 0. The zero-order valence-corrected chi connectivity index (χ0v) is 13.0. The molecule has 118 valence electrons. The molecule has 0 unspecified atom stereocenters. The number of aliphatic hydroxyl groups is 1. The number of hydrogen-bond acceptors (Lipinski definition) is 6. The highest BCUT2D eigenvalue weighted by Gasteiger charge is 2.20. The first-order valence-corrected chi connectivity index (χ1v) is 7.70. The van der Waals surface area contributed by atoms with Crippen molar-refractivity contribution in [2.45, 2.75) is 13.1 Å². The Labute approximate surface area is 134 Å². The van der Waals surface area contributed by atoms with Crippen molar-refractivity contribution < 1.29 is 5.11 Å². The number of rotatable bonds is 5. The maximum Gasteiger partial charge on any atom is 0.171 e. The van der Waals surface area contributed by atoms with Gasteiger partial charge in [-0.1, -0.05) is 11.6 Å². The molecule has 0 atom stereocenters. The lowest BCUT2D eigenvalue weighted by molar-refractivity contribution is 0.248. The lowest BCUT2D eigenvalue weighted by atomic mass is 10.2. The number of hydrogen-bond donors (Lipinski definition) is 1. The molecule has 1 aliphatic rings. The monoisotopic (exact) mass is 322 g/mol. The van der Waals surface area contributed by atoms with Crippen LogP contribution in [0.25, 0.3) is 0 Å². The summed E-state index contributed by atoms with van der Waals surface area (Å²) in [5, 5.41) is 13.6. The second-order valence-electron chi connectivity index (χ2n) is 5.27. The molecule has 0 bridgehead atoms. The second kappa shape index (κ2) is 7.04. The molecule has 0 amide bonds. The Morgan fingerprint density at radius 3 is 2.64 bits per heavy atom. The Morgan fingerprint density at radius 1 is 1.14 bits per heavy atom. The first kappa shape index (κ1) is 15.2. The lowest BCUT2D eigenvalue weighted by Gasteiger charge is -2.35. The van der Waals surface area contributed by atoms with Gasteiger partial charge in [0.15, 0.2) is 11.0 Å². The van der Waals surface area contributed by atoms with E-state index in [0.29, 0.717) is 11.7 Å². The van der Waals surface area contributed by atoms with E-state index in [1.54, 1.807) is 17.1 Å². The van der Waals surface area contributed by atoms with E-state index in [-0.39, 0.29) is 6.61 Å². The minimum absolute atomic E-state index is 0.110. The van der Waals surface area contributed by atoms with Gasteiger partial charge in [0.1, 0.15) is 0 Å². The molecule has 0 spiro atoms. The summed E-state index contributed by atoms with van der Waals surface area (Å²) in [6, 6.07) is 0. The van der Waals surface area contributed by atoms with Crippen LogP contribution in [0.4, 0.5) is 5.82 Å². The van der Waals surface area contributed by atoms with Gasteiger partial charge in [0.25, 0.3) is 0 Å². The van der Waals surface area contributed by atoms with Crippen LogP contribution in [-0.2, 0) is 13.1 Å². The van der Waals surface area contributed by atoms with Crippen LogP contribution in [0, 0.1) is 0 Å². The molecule has 3 rings (SSSR count). The standard InChI is InChI=1S/C14H19ClN6O/c15-13-14(17-2-1-16-13)20-5-3-19(4-6-20)10-12-9-18-21(11-12)7-8-22/h1-2,9,11,22H,3-8,10H2. The van der Waals surface area contributed by atoms with Crippen molar-refractivity contribution in [3.8, 4) is 0 Å². The van der Waals surface area contributed by atoms with Gasteiger partial charge in [-0.3, -0.25) is 9.58 Å². The van der Waals surface area contributed by atoms with Gasteiger partial charge in [-0.05, 0) is 0 Å². The van der Waals surface area contributed by atoms with Crippen molar-refractivity contribution in [3.05, 3.63) is 35.5 Å². The largest absolute Gasteiger partial charge is 0.394 e. The molecular weight excluding hydrogens is 304 g/mol. The molecule has 8 heteroatoms. The normalized spacial score (nSPS) is 16.2. The average molecular weight is 323 g/mol. The van der Waals surface area contributed by atoms with Crippen LogP contribution in [0.5, 0.6) is 0 Å². The minimum atomic E-state index is 0.110. The molecule has 3 heterocycles. The highest BCUT2D eigenvalue weighted by molar-refractivity contribution is 6.31. The number of halogens is 1. The molecule has 22 heavy (non-hydrogen) atoms. The van der Waals surface area contributed by atoms with E-state index < -0.39 is 0 Å². The smallest absolute Gasteiger partial charge is 0.171 e. The molecule has 0 saturated carbocycles. The molecular formula is C14H19ClN6O. The highest BCUT2D eigenvalue weighted by atomic mass is 35.5. The Bertz CT molecular complexity index is 611. The van der Waals surface area contributed by atoms with Gasteiger partial charge < -0.3 is 10.0 Å². The number of aliphatic hydroxyl groups excluding tert-OH is 1. The summed E-state index contributed by atoms with van der Waals surface area (Å²) in [6.45, 7) is 5.16. The molecule has 7 nitrogen and oxygen atoms in total. The average Bonchev–Trinajstić information content (AvgIpc) is 2.96. The Kier molecular flexibility index (Phi) is 4.87. The molecule has 1 aliphatic heterocycles. The molecule has 1 N–H and O–H groups in total. The predicted octanol–water partition coefficient (Wildman–Crippen LogP) is 0.641. The van der Waals surface area contributed by atoms with E-state index in [0.717, 1.165) is 38.5 Å². The lowest BCUT2D eigenvalue weighted by Crippen LogP contribution is -2.46. The quantitative estimate of drug-likeness (QED) is 0.871. The van der Waals surface area contributed by atoms with Crippen molar-refractivity contribution in [3.63, 3.8) is 0 Å². The second-order valence-corrected chi connectivity index (χ2v) is 5.63. The summed E-state index contributed by atoms with van der Waals surface area (Å²) in [5.74, 6) is 0.764. The molecule has 2 aromatic rings. The van der Waals surface area contributed by atoms with Crippen LogP contribution in [0.15, 0.2) is 24.8 Å². The van der Waals surface area contributed by atoms with Crippen LogP contribution in [0.1, 0.15) is 5.56 Å². The summed E-state index contributed by atoms with van der Waals surface area (Å²) >= 11 is 6.10. The molecule has 1 saturated heterocycles.